The Bertz CT molecular complexity index is 1050. The fourth-order valence-corrected chi connectivity index (χ4v) is 4.16. The number of benzene rings is 2. The number of carbonyl (C=O) groups is 3. The van der Waals surface area contributed by atoms with Crippen LogP contribution in [0.15, 0.2) is 36.4 Å². The third-order valence-electron chi connectivity index (χ3n) is 5.97. The third-order valence-corrected chi connectivity index (χ3v) is 5.97. The standard InChI is InChI=1S/C28H36F2N2O4/c1-5-9-32(10-6-2)27(34)22-12-18(3)11-21(16-22)26(33)31-25(8-7-19(4)28(35)36)15-20-13-23(29)17-24(30)14-20/h11-14,16-17,19,25H,5-10,15H2,1-4H3,(H,31,33)(H,35,36)/t19-,25+/m0/s1. The van der Waals surface area contributed by atoms with Crippen LogP contribution in [0.25, 0.3) is 0 Å². The number of aryl methyl sites for hydroxylation is 1. The number of nitrogens with zero attached hydrogens (tertiary/aromatic N) is 1. The van der Waals surface area contributed by atoms with E-state index in [1.54, 1.807) is 36.9 Å². The molecule has 0 aliphatic carbocycles. The second kappa shape index (κ2) is 13.7. The summed E-state index contributed by atoms with van der Waals surface area (Å²) in [6.07, 6.45) is 2.35. The van der Waals surface area contributed by atoms with E-state index >= 15 is 0 Å². The number of halogens is 2. The van der Waals surface area contributed by atoms with E-state index in [9.17, 15) is 28.3 Å². The first-order valence-electron chi connectivity index (χ1n) is 12.4. The van der Waals surface area contributed by atoms with E-state index in [0.717, 1.165) is 24.5 Å². The Morgan fingerprint density at radius 2 is 1.50 bits per heavy atom. The van der Waals surface area contributed by atoms with Crippen molar-refractivity contribution < 1.29 is 28.3 Å². The van der Waals surface area contributed by atoms with Crippen LogP contribution in [0, 0.1) is 24.5 Å². The van der Waals surface area contributed by atoms with Crippen LogP contribution in [0.2, 0.25) is 0 Å². The zero-order valence-corrected chi connectivity index (χ0v) is 21.4. The molecule has 0 spiro atoms. The molecule has 2 aromatic rings. The highest BCUT2D eigenvalue weighted by Crippen LogP contribution is 2.18. The lowest BCUT2D eigenvalue weighted by Crippen LogP contribution is -2.37. The molecule has 0 radical (unpaired) electrons. The predicted octanol–water partition coefficient (Wildman–Crippen LogP) is 5.38. The maximum Gasteiger partial charge on any atom is 0.306 e. The van der Waals surface area contributed by atoms with Crippen molar-refractivity contribution in [2.24, 2.45) is 5.92 Å². The van der Waals surface area contributed by atoms with Gasteiger partial charge in [0.1, 0.15) is 11.6 Å². The van der Waals surface area contributed by atoms with Gasteiger partial charge in [-0.1, -0.05) is 20.8 Å². The minimum Gasteiger partial charge on any atom is -0.481 e. The molecular formula is C28H36F2N2O4. The van der Waals surface area contributed by atoms with Gasteiger partial charge in [-0.15, -0.1) is 0 Å². The van der Waals surface area contributed by atoms with Crippen molar-refractivity contribution in [1.29, 1.82) is 0 Å². The molecule has 0 aliphatic heterocycles. The lowest BCUT2D eigenvalue weighted by atomic mass is 9.96. The van der Waals surface area contributed by atoms with Crippen molar-refractivity contribution in [2.75, 3.05) is 13.1 Å². The summed E-state index contributed by atoms with van der Waals surface area (Å²) in [5.74, 6) is -3.62. The molecule has 0 unspecified atom stereocenters. The Kier molecular flexibility index (Phi) is 11.0. The van der Waals surface area contributed by atoms with Crippen molar-refractivity contribution in [1.82, 2.24) is 10.2 Å². The summed E-state index contributed by atoms with van der Waals surface area (Å²) in [5, 5.41) is 12.1. The summed E-state index contributed by atoms with van der Waals surface area (Å²) in [5.41, 5.74) is 1.83. The molecule has 2 aromatic carbocycles. The lowest BCUT2D eigenvalue weighted by molar-refractivity contribution is -0.141. The first-order valence-corrected chi connectivity index (χ1v) is 12.4. The lowest BCUT2D eigenvalue weighted by Gasteiger charge is -2.23. The number of amides is 2. The van der Waals surface area contributed by atoms with Crippen molar-refractivity contribution >= 4 is 17.8 Å². The SMILES string of the molecule is CCCN(CCC)C(=O)c1cc(C)cc(C(=O)N[C@H](CC[C@H](C)C(=O)O)Cc2cc(F)cc(F)c2)c1. The second-order valence-corrected chi connectivity index (χ2v) is 9.35. The van der Waals surface area contributed by atoms with Gasteiger partial charge in [0.25, 0.3) is 11.8 Å². The predicted molar refractivity (Wildman–Crippen MR) is 135 cm³/mol. The molecule has 36 heavy (non-hydrogen) atoms. The van der Waals surface area contributed by atoms with Crippen molar-refractivity contribution in [2.45, 2.75) is 65.8 Å². The van der Waals surface area contributed by atoms with E-state index < -0.39 is 35.5 Å². The number of hydrogen-bond donors (Lipinski definition) is 2. The fourth-order valence-electron chi connectivity index (χ4n) is 4.16. The summed E-state index contributed by atoms with van der Waals surface area (Å²) in [6, 6.07) is 7.59. The molecule has 0 heterocycles. The van der Waals surface area contributed by atoms with Gasteiger partial charge in [0.05, 0.1) is 5.92 Å². The first-order chi connectivity index (χ1) is 17.0. The molecule has 2 amide bonds. The molecule has 8 heteroatoms. The van der Waals surface area contributed by atoms with E-state index in [2.05, 4.69) is 5.32 Å². The van der Waals surface area contributed by atoms with E-state index in [0.29, 0.717) is 36.2 Å². The number of carboxylic acid groups (broad SMARTS) is 1. The maximum atomic E-state index is 13.7. The molecule has 6 nitrogen and oxygen atoms in total. The molecule has 2 N–H and O–H groups in total. The number of aliphatic carboxylic acids is 1. The highest BCUT2D eigenvalue weighted by atomic mass is 19.1. The summed E-state index contributed by atoms with van der Waals surface area (Å²) in [7, 11) is 0. The monoisotopic (exact) mass is 502 g/mol. The van der Waals surface area contributed by atoms with Crippen LogP contribution >= 0.6 is 0 Å². The van der Waals surface area contributed by atoms with Gasteiger partial charge in [-0.3, -0.25) is 14.4 Å². The van der Waals surface area contributed by atoms with Gasteiger partial charge in [-0.2, -0.15) is 0 Å². The molecule has 0 bridgehead atoms. The third kappa shape index (κ3) is 8.73. The molecular weight excluding hydrogens is 466 g/mol. The first kappa shape index (κ1) is 28.9. The van der Waals surface area contributed by atoms with Crippen LogP contribution in [0.5, 0.6) is 0 Å². The van der Waals surface area contributed by atoms with Gasteiger partial charge in [-0.05, 0) is 80.5 Å². The Morgan fingerprint density at radius 1 is 0.917 bits per heavy atom. The van der Waals surface area contributed by atoms with Crippen LogP contribution in [0.1, 0.15) is 78.3 Å². The molecule has 2 rings (SSSR count). The van der Waals surface area contributed by atoms with E-state index in [1.807, 2.05) is 13.8 Å². The fraction of sp³-hybridized carbons (Fsp3) is 0.464. The average Bonchev–Trinajstić information content (AvgIpc) is 2.80. The molecule has 196 valence electrons. The van der Waals surface area contributed by atoms with Crippen LogP contribution in [0.4, 0.5) is 8.78 Å². The number of carbonyl (C=O) groups excluding carboxylic acids is 2. The summed E-state index contributed by atoms with van der Waals surface area (Å²) < 4.78 is 27.4. The highest BCUT2D eigenvalue weighted by molar-refractivity contribution is 6.00. The number of carboxylic acids is 1. The average molecular weight is 503 g/mol. The largest absolute Gasteiger partial charge is 0.481 e. The van der Waals surface area contributed by atoms with Gasteiger partial charge in [0.2, 0.25) is 0 Å². The van der Waals surface area contributed by atoms with E-state index in [-0.39, 0.29) is 18.7 Å². The number of nitrogens with one attached hydrogen (secondary N) is 1. The van der Waals surface area contributed by atoms with Crippen LogP contribution in [-0.4, -0.2) is 46.9 Å². The zero-order valence-electron chi connectivity index (χ0n) is 21.4. The molecule has 0 aliphatic rings. The van der Waals surface area contributed by atoms with Gasteiger partial charge in [0.15, 0.2) is 0 Å². The van der Waals surface area contributed by atoms with Crippen molar-refractivity contribution in [3.63, 3.8) is 0 Å². The maximum absolute atomic E-state index is 13.7. The topological polar surface area (TPSA) is 86.7 Å². The van der Waals surface area contributed by atoms with E-state index in [1.165, 1.54) is 12.1 Å². The highest BCUT2D eigenvalue weighted by Gasteiger charge is 2.21. The van der Waals surface area contributed by atoms with Crippen LogP contribution < -0.4 is 5.32 Å². The van der Waals surface area contributed by atoms with Crippen molar-refractivity contribution in [3.8, 4) is 0 Å². The quantitative estimate of drug-likeness (QED) is 0.385. The van der Waals surface area contributed by atoms with E-state index in [4.69, 9.17) is 0 Å². The summed E-state index contributed by atoms with van der Waals surface area (Å²) >= 11 is 0. The molecule has 0 saturated heterocycles. The molecule has 0 saturated carbocycles. The Labute approximate surface area is 211 Å². The van der Waals surface area contributed by atoms with Gasteiger partial charge in [0, 0.05) is 36.3 Å². The molecule has 0 aromatic heterocycles. The minimum absolute atomic E-state index is 0.130. The van der Waals surface area contributed by atoms with Gasteiger partial charge >= 0.3 is 5.97 Å². The molecule has 2 atom stereocenters. The van der Waals surface area contributed by atoms with Crippen molar-refractivity contribution in [3.05, 3.63) is 70.3 Å². The summed E-state index contributed by atoms with van der Waals surface area (Å²) in [6.45, 7) is 8.62. The number of hydrogen-bond acceptors (Lipinski definition) is 3. The van der Waals surface area contributed by atoms with Crippen LogP contribution in [0.3, 0.4) is 0 Å². The second-order valence-electron chi connectivity index (χ2n) is 9.35. The summed E-state index contributed by atoms with van der Waals surface area (Å²) in [4.78, 5) is 39.3. The van der Waals surface area contributed by atoms with Crippen LogP contribution in [-0.2, 0) is 11.2 Å². The Morgan fingerprint density at radius 3 is 2.06 bits per heavy atom. The minimum atomic E-state index is -0.956. The smallest absolute Gasteiger partial charge is 0.306 e. The Hall–Kier alpha value is -3.29. The zero-order chi connectivity index (χ0) is 26.8. The number of rotatable bonds is 13. The Balaban J connectivity index is 2.28. The van der Waals surface area contributed by atoms with Gasteiger partial charge in [-0.25, -0.2) is 8.78 Å². The molecule has 0 fully saturated rings. The normalized spacial score (nSPS) is 12.6. The van der Waals surface area contributed by atoms with Gasteiger partial charge < -0.3 is 15.3 Å².